The number of fused-ring (bicyclic) bond motifs is 2. The van der Waals surface area contributed by atoms with E-state index in [0.29, 0.717) is 18.9 Å². The fourth-order valence-corrected chi connectivity index (χ4v) is 5.98. The molecule has 0 aromatic heterocycles. The van der Waals surface area contributed by atoms with Crippen molar-refractivity contribution in [2.24, 2.45) is 5.92 Å². The molecule has 2 saturated heterocycles. The summed E-state index contributed by atoms with van der Waals surface area (Å²) in [7, 11) is 0. The van der Waals surface area contributed by atoms with Gasteiger partial charge in [-0.05, 0) is 77.3 Å². The number of nitrogens with one attached hydrogen (secondary N) is 2. The van der Waals surface area contributed by atoms with Gasteiger partial charge in [-0.2, -0.15) is 0 Å². The van der Waals surface area contributed by atoms with Crippen molar-refractivity contribution in [3.05, 3.63) is 35.1 Å². The predicted molar refractivity (Wildman–Crippen MR) is 124 cm³/mol. The van der Waals surface area contributed by atoms with E-state index in [1.807, 2.05) is 25.7 Å². The first-order valence-corrected chi connectivity index (χ1v) is 12.8. The molecule has 2 heterocycles. The van der Waals surface area contributed by atoms with Gasteiger partial charge in [0.1, 0.15) is 16.6 Å². The van der Waals surface area contributed by atoms with E-state index in [2.05, 4.69) is 10.0 Å². The minimum absolute atomic E-state index is 0.0208. The van der Waals surface area contributed by atoms with Gasteiger partial charge in [-0.1, -0.05) is 0 Å². The van der Waals surface area contributed by atoms with Gasteiger partial charge in [-0.15, -0.1) is 4.72 Å². The fourth-order valence-electron chi connectivity index (χ4n) is 5.07. The highest BCUT2D eigenvalue weighted by molar-refractivity contribution is 7.90. The minimum Gasteiger partial charge on any atom is -0.598 e. The molecular formula is C24H34F3N3O3S. The quantitative estimate of drug-likeness (QED) is 0.443. The van der Waals surface area contributed by atoms with Crippen LogP contribution in [0.3, 0.4) is 0 Å². The van der Waals surface area contributed by atoms with Crippen LogP contribution in [0.25, 0.3) is 0 Å². The van der Waals surface area contributed by atoms with Crippen LogP contribution in [0.4, 0.5) is 13.2 Å². The predicted octanol–water partition coefficient (Wildman–Crippen LogP) is 3.36. The van der Waals surface area contributed by atoms with Gasteiger partial charge in [-0.3, -0.25) is 9.59 Å². The van der Waals surface area contributed by atoms with Gasteiger partial charge < -0.3 is 14.8 Å². The Morgan fingerprint density at radius 3 is 2.21 bits per heavy atom. The van der Waals surface area contributed by atoms with Crippen molar-refractivity contribution < 1.29 is 27.3 Å². The van der Waals surface area contributed by atoms with E-state index < -0.39 is 45.6 Å². The lowest BCUT2D eigenvalue weighted by Crippen LogP contribution is -2.57. The fraction of sp³-hybridized carbons (Fsp3) is 0.667. The molecule has 0 saturated carbocycles. The first kappa shape index (κ1) is 26.8. The summed E-state index contributed by atoms with van der Waals surface area (Å²) >= 11 is -1.46. The van der Waals surface area contributed by atoms with Crippen molar-refractivity contribution >= 4 is 23.2 Å². The van der Waals surface area contributed by atoms with Crippen LogP contribution in [0.5, 0.6) is 0 Å². The van der Waals surface area contributed by atoms with Crippen LogP contribution in [0.1, 0.15) is 65.9 Å². The zero-order valence-corrected chi connectivity index (χ0v) is 21.1. The maximum absolute atomic E-state index is 14.5. The lowest BCUT2D eigenvalue weighted by molar-refractivity contribution is -0.140. The Bertz CT molecular complexity index is 913. The molecule has 10 heteroatoms. The summed E-state index contributed by atoms with van der Waals surface area (Å²) in [6.07, 6.45) is 2.90. The third-order valence-electron chi connectivity index (χ3n) is 6.73. The highest BCUT2D eigenvalue weighted by Gasteiger charge is 2.47. The first-order chi connectivity index (χ1) is 15.8. The van der Waals surface area contributed by atoms with Crippen LogP contribution in [-0.4, -0.2) is 50.2 Å². The van der Waals surface area contributed by atoms with Gasteiger partial charge >= 0.3 is 0 Å². The first-order valence-electron chi connectivity index (χ1n) is 11.7. The Balaban J connectivity index is 1.82. The number of halogens is 3. The molecular weight excluding hydrogens is 467 g/mol. The zero-order chi connectivity index (χ0) is 25.4. The molecule has 6 nitrogen and oxygen atoms in total. The summed E-state index contributed by atoms with van der Waals surface area (Å²) in [6.45, 7) is 8.49. The van der Waals surface area contributed by atoms with Crippen molar-refractivity contribution in [1.82, 2.24) is 14.9 Å². The minimum atomic E-state index is -1.46. The van der Waals surface area contributed by atoms with E-state index in [-0.39, 0.29) is 41.8 Å². The molecule has 34 heavy (non-hydrogen) atoms. The van der Waals surface area contributed by atoms with Crippen LogP contribution < -0.4 is 10.0 Å². The Morgan fingerprint density at radius 1 is 1.12 bits per heavy atom. The van der Waals surface area contributed by atoms with Gasteiger partial charge in [0.15, 0.2) is 11.6 Å². The van der Waals surface area contributed by atoms with Gasteiger partial charge in [0.2, 0.25) is 11.8 Å². The zero-order valence-electron chi connectivity index (χ0n) is 20.3. The number of carbonyl (C=O) groups is 2. The number of rotatable bonds is 7. The second kappa shape index (κ2) is 10.5. The number of amides is 2. The summed E-state index contributed by atoms with van der Waals surface area (Å²) in [5.74, 6) is -3.66. The van der Waals surface area contributed by atoms with Crippen LogP contribution in [-0.2, 0) is 27.4 Å². The molecule has 2 amide bonds. The van der Waals surface area contributed by atoms with Crippen molar-refractivity contribution in [2.45, 2.75) is 95.6 Å². The topological polar surface area (TPSA) is 84.5 Å². The smallest absolute Gasteiger partial charge is 0.245 e. The Labute approximate surface area is 202 Å². The normalized spacial score (nSPS) is 25.1. The van der Waals surface area contributed by atoms with E-state index in [0.717, 1.165) is 18.9 Å². The van der Waals surface area contributed by atoms with Gasteiger partial charge in [0.25, 0.3) is 0 Å². The van der Waals surface area contributed by atoms with Crippen molar-refractivity contribution in [3.8, 4) is 0 Å². The van der Waals surface area contributed by atoms with E-state index in [9.17, 15) is 27.3 Å². The molecule has 2 fully saturated rings. The van der Waals surface area contributed by atoms with Gasteiger partial charge in [0.05, 0.1) is 6.04 Å². The van der Waals surface area contributed by atoms with E-state index in [1.54, 1.807) is 6.92 Å². The van der Waals surface area contributed by atoms with Gasteiger partial charge in [-0.25, -0.2) is 13.2 Å². The number of nitrogens with zero attached hydrogens (tertiary/aromatic N) is 1. The SMILES string of the molecule is CC(=O)NC(C)C(=O)N1C2CC[C@H]1CC([C@@H](Cc1cc(F)c(F)cc1F)N[S+]([O-])C(C)(C)C)C2. The van der Waals surface area contributed by atoms with Crippen LogP contribution >= 0.6 is 0 Å². The molecule has 0 spiro atoms. The van der Waals surface area contributed by atoms with Crippen molar-refractivity contribution in [3.63, 3.8) is 0 Å². The summed E-state index contributed by atoms with van der Waals surface area (Å²) in [5, 5.41) is 2.64. The Hall–Kier alpha value is -1.78. The lowest BCUT2D eigenvalue weighted by Gasteiger charge is -2.43. The monoisotopic (exact) mass is 501 g/mol. The molecule has 0 radical (unpaired) electrons. The van der Waals surface area contributed by atoms with E-state index in [1.165, 1.54) is 6.92 Å². The Morgan fingerprint density at radius 2 is 1.68 bits per heavy atom. The summed E-state index contributed by atoms with van der Waals surface area (Å²) in [6, 6.07) is 0.228. The van der Waals surface area contributed by atoms with Crippen molar-refractivity contribution in [2.75, 3.05) is 0 Å². The molecule has 2 bridgehead atoms. The molecule has 2 aliphatic rings. The lowest BCUT2D eigenvalue weighted by atomic mass is 9.82. The average molecular weight is 502 g/mol. The largest absolute Gasteiger partial charge is 0.598 e. The van der Waals surface area contributed by atoms with E-state index in [4.69, 9.17) is 0 Å². The maximum Gasteiger partial charge on any atom is 0.245 e. The molecule has 1 aromatic rings. The molecule has 6 atom stereocenters. The second-order valence-electron chi connectivity index (χ2n) is 10.5. The van der Waals surface area contributed by atoms with Crippen LogP contribution in [0.2, 0.25) is 0 Å². The molecule has 3 rings (SSSR count). The molecule has 1 aromatic carbocycles. The number of carbonyl (C=O) groups excluding carboxylic acids is 2. The van der Waals surface area contributed by atoms with Crippen LogP contribution in [0, 0.1) is 23.4 Å². The average Bonchev–Trinajstić information content (AvgIpc) is 2.98. The molecule has 190 valence electrons. The Kier molecular flexibility index (Phi) is 8.25. The third-order valence-corrected chi connectivity index (χ3v) is 8.36. The molecule has 0 aliphatic carbocycles. The standard InChI is InChI=1S/C24H34F3N3O3S/c1-13(28-14(2)31)23(32)30-17-6-7-18(30)9-16(8-17)22(29-34(33)24(3,4)5)11-15-10-20(26)21(27)12-19(15)25/h10,12-13,16-18,22,29H,6-9,11H2,1-5H3,(H,28,31)/t13?,16?,17-,18?,22+,34?/m0/s1. The maximum atomic E-state index is 14.5. The highest BCUT2D eigenvalue weighted by atomic mass is 32.2. The highest BCUT2D eigenvalue weighted by Crippen LogP contribution is 2.41. The van der Waals surface area contributed by atoms with Crippen LogP contribution in [0.15, 0.2) is 12.1 Å². The van der Waals surface area contributed by atoms with E-state index >= 15 is 0 Å². The summed E-state index contributed by atoms with van der Waals surface area (Å²) < 4.78 is 57.2. The molecule has 4 unspecified atom stereocenters. The summed E-state index contributed by atoms with van der Waals surface area (Å²) in [5.41, 5.74) is 0.0208. The molecule has 2 aliphatic heterocycles. The number of benzene rings is 1. The number of piperidine rings is 1. The second-order valence-corrected chi connectivity index (χ2v) is 12.4. The molecule has 2 N–H and O–H groups in total. The summed E-state index contributed by atoms with van der Waals surface area (Å²) in [4.78, 5) is 26.3. The van der Waals surface area contributed by atoms with Gasteiger partial charge in [0, 0.05) is 36.4 Å². The number of hydrogen-bond acceptors (Lipinski definition) is 4. The van der Waals surface area contributed by atoms with Crippen molar-refractivity contribution in [1.29, 1.82) is 0 Å². The third kappa shape index (κ3) is 6.07. The number of hydrogen-bond donors (Lipinski definition) is 2.